The van der Waals surface area contributed by atoms with Crippen LogP contribution in [-0.2, 0) is 0 Å². The van der Waals surface area contributed by atoms with Crippen LogP contribution in [0.3, 0.4) is 0 Å². The van der Waals surface area contributed by atoms with E-state index in [0.717, 1.165) is 11.4 Å². The number of rotatable bonds is 2. The molecule has 9 heavy (non-hydrogen) atoms. The molecule has 0 saturated carbocycles. The number of aliphatic imine (C=N–C) groups is 2. The van der Waals surface area contributed by atoms with Gasteiger partial charge in [0.25, 0.3) is 0 Å². The summed E-state index contributed by atoms with van der Waals surface area (Å²) in [4.78, 5) is 7.83. The maximum atomic E-state index is 4.04. The van der Waals surface area contributed by atoms with Crippen molar-refractivity contribution in [2.75, 3.05) is 7.05 Å². The van der Waals surface area contributed by atoms with Crippen LogP contribution in [0.15, 0.2) is 22.3 Å². The van der Waals surface area contributed by atoms with Crippen LogP contribution >= 0.6 is 0 Å². The topological polar surface area (TPSA) is 24.7 Å². The van der Waals surface area contributed by atoms with Crippen molar-refractivity contribution >= 4 is 11.9 Å². The Morgan fingerprint density at radius 2 is 2.00 bits per heavy atom. The van der Waals surface area contributed by atoms with Crippen molar-refractivity contribution in [3.05, 3.63) is 12.3 Å². The monoisotopic (exact) mass is 124 g/mol. The van der Waals surface area contributed by atoms with Crippen LogP contribution in [-0.4, -0.2) is 19.0 Å². The molecule has 50 valence electrons. The van der Waals surface area contributed by atoms with Crippen molar-refractivity contribution in [1.29, 1.82) is 0 Å². The average Bonchev–Trinajstić information content (AvgIpc) is 1.63. The van der Waals surface area contributed by atoms with Gasteiger partial charge in [-0.3, -0.25) is 9.98 Å². The molecule has 0 aromatic heterocycles. The van der Waals surface area contributed by atoms with Gasteiger partial charge in [-0.05, 0) is 13.8 Å². The fraction of sp³-hybridized carbons (Fsp3) is 0.429. The van der Waals surface area contributed by atoms with E-state index in [1.165, 1.54) is 0 Å². The first-order chi connectivity index (χ1) is 4.16. The summed E-state index contributed by atoms with van der Waals surface area (Å²) in [5.41, 5.74) is 1.71. The molecule has 0 atom stereocenters. The van der Waals surface area contributed by atoms with Gasteiger partial charge in [0.05, 0.1) is 5.71 Å². The molecule has 0 amide bonds. The SMILES string of the molecule is C=C(C)N=C(C)C=NC. The molecule has 0 aliphatic heterocycles. The highest BCUT2D eigenvalue weighted by molar-refractivity contribution is 6.29. The zero-order valence-electron chi connectivity index (χ0n) is 6.18. The molecule has 0 saturated heterocycles. The molecule has 0 N–H and O–H groups in total. The van der Waals surface area contributed by atoms with Gasteiger partial charge in [0.15, 0.2) is 0 Å². The number of hydrogen-bond donors (Lipinski definition) is 0. The molecule has 0 bridgehead atoms. The van der Waals surface area contributed by atoms with Crippen LogP contribution in [0.25, 0.3) is 0 Å². The van der Waals surface area contributed by atoms with E-state index in [4.69, 9.17) is 0 Å². The van der Waals surface area contributed by atoms with Gasteiger partial charge in [-0.25, -0.2) is 0 Å². The third kappa shape index (κ3) is 4.94. The molecule has 0 fully saturated rings. The zero-order valence-corrected chi connectivity index (χ0v) is 6.18. The summed E-state index contributed by atoms with van der Waals surface area (Å²) in [6.45, 7) is 7.37. The van der Waals surface area contributed by atoms with Gasteiger partial charge in [-0.15, -0.1) is 0 Å². The standard InChI is InChI=1S/C7H12N2/c1-6(2)9-7(3)5-8-4/h5H,1H2,2-4H3. The maximum absolute atomic E-state index is 4.04. The molecule has 0 aliphatic carbocycles. The minimum atomic E-state index is 0.812. The predicted molar refractivity (Wildman–Crippen MR) is 42.3 cm³/mol. The largest absolute Gasteiger partial charge is 0.295 e. The summed E-state index contributed by atoms with van der Waals surface area (Å²) in [7, 11) is 1.72. The Morgan fingerprint density at radius 3 is 2.33 bits per heavy atom. The van der Waals surface area contributed by atoms with Gasteiger partial charge in [-0.2, -0.15) is 0 Å². The van der Waals surface area contributed by atoms with Gasteiger partial charge >= 0.3 is 0 Å². The van der Waals surface area contributed by atoms with E-state index in [1.807, 2.05) is 13.8 Å². The number of nitrogens with zero attached hydrogens (tertiary/aromatic N) is 2. The summed E-state index contributed by atoms with van der Waals surface area (Å²) in [5, 5.41) is 0. The van der Waals surface area contributed by atoms with E-state index in [0.29, 0.717) is 0 Å². The fourth-order valence-corrected chi connectivity index (χ4v) is 0.517. The van der Waals surface area contributed by atoms with Crippen LogP contribution in [0, 0.1) is 0 Å². The Labute approximate surface area is 56.0 Å². The molecule has 2 nitrogen and oxygen atoms in total. The second-order valence-corrected chi connectivity index (χ2v) is 1.88. The lowest BCUT2D eigenvalue weighted by Crippen LogP contribution is -1.91. The second-order valence-electron chi connectivity index (χ2n) is 1.88. The van der Waals surface area contributed by atoms with E-state index >= 15 is 0 Å². The number of hydrogen-bond acceptors (Lipinski definition) is 2. The lowest BCUT2D eigenvalue weighted by atomic mass is 10.4. The minimum Gasteiger partial charge on any atom is -0.295 e. The van der Waals surface area contributed by atoms with Crippen LogP contribution in [0.5, 0.6) is 0 Å². The van der Waals surface area contributed by atoms with E-state index in [-0.39, 0.29) is 0 Å². The molecular weight excluding hydrogens is 112 g/mol. The first-order valence-corrected chi connectivity index (χ1v) is 2.79. The molecule has 0 aromatic carbocycles. The predicted octanol–water partition coefficient (Wildman–Crippen LogP) is 1.68. The summed E-state index contributed by atoms with van der Waals surface area (Å²) in [6, 6.07) is 0. The van der Waals surface area contributed by atoms with Gasteiger partial charge in [-0.1, -0.05) is 6.58 Å². The summed E-state index contributed by atoms with van der Waals surface area (Å²) in [6.07, 6.45) is 1.70. The highest BCUT2D eigenvalue weighted by Crippen LogP contribution is 1.87. The molecule has 2 heteroatoms. The van der Waals surface area contributed by atoms with Crippen molar-refractivity contribution in [3.63, 3.8) is 0 Å². The van der Waals surface area contributed by atoms with E-state index in [2.05, 4.69) is 16.6 Å². The molecular formula is C7H12N2. The van der Waals surface area contributed by atoms with Gasteiger partial charge in [0.1, 0.15) is 0 Å². The molecule has 0 aliphatic rings. The summed E-state index contributed by atoms with van der Waals surface area (Å²) in [5.74, 6) is 0. The average molecular weight is 124 g/mol. The van der Waals surface area contributed by atoms with Gasteiger partial charge in [0, 0.05) is 19.0 Å². The van der Waals surface area contributed by atoms with E-state index in [1.54, 1.807) is 13.3 Å². The molecule has 0 rings (SSSR count). The van der Waals surface area contributed by atoms with Crippen molar-refractivity contribution in [2.24, 2.45) is 9.98 Å². The Bertz CT molecular complexity index is 154. The smallest absolute Gasteiger partial charge is 0.0553 e. The molecule has 0 spiro atoms. The zero-order chi connectivity index (χ0) is 7.28. The highest BCUT2D eigenvalue weighted by Gasteiger charge is 1.80. The minimum absolute atomic E-state index is 0.812. The van der Waals surface area contributed by atoms with Crippen molar-refractivity contribution < 1.29 is 0 Å². The number of allylic oxidation sites excluding steroid dienone is 1. The third-order valence-corrected chi connectivity index (χ3v) is 0.683. The Morgan fingerprint density at radius 1 is 1.44 bits per heavy atom. The third-order valence-electron chi connectivity index (χ3n) is 0.683. The van der Waals surface area contributed by atoms with Crippen LogP contribution in [0.2, 0.25) is 0 Å². The Kier molecular flexibility index (Phi) is 3.60. The maximum Gasteiger partial charge on any atom is 0.0553 e. The molecule has 0 unspecified atom stereocenters. The quantitative estimate of drug-likeness (QED) is 0.500. The van der Waals surface area contributed by atoms with Crippen LogP contribution in [0.4, 0.5) is 0 Å². The van der Waals surface area contributed by atoms with Crippen LogP contribution in [0.1, 0.15) is 13.8 Å². The Balaban J connectivity index is 4.00. The first kappa shape index (κ1) is 8.08. The lowest BCUT2D eigenvalue weighted by Gasteiger charge is -1.88. The van der Waals surface area contributed by atoms with E-state index < -0.39 is 0 Å². The first-order valence-electron chi connectivity index (χ1n) is 2.79. The van der Waals surface area contributed by atoms with Crippen molar-refractivity contribution in [2.45, 2.75) is 13.8 Å². The second kappa shape index (κ2) is 4.01. The summed E-state index contributed by atoms with van der Waals surface area (Å²) < 4.78 is 0. The molecule has 0 aromatic rings. The lowest BCUT2D eigenvalue weighted by molar-refractivity contribution is 1.32. The normalized spacial score (nSPS) is 12.6. The van der Waals surface area contributed by atoms with Crippen molar-refractivity contribution in [1.82, 2.24) is 0 Å². The van der Waals surface area contributed by atoms with Gasteiger partial charge < -0.3 is 0 Å². The highest BCUT2D eigenvalue weighted by atomic mass is 14.8. The van der Waals surface area contributed by atoms with Gasteiger partial charge in [0.2, 0.25) is 0 Å². The van der Waals surface area contributed by atoms with Crippen LogP contribution < -0.4 is 0 Å². The molecule has 0 radical (unpaired) electrons. The fourth-order valence-electron chi connectivity index (χ4n) is 0.517. The van der Waals surface area contributed by atoms with E-state index in [9.17, 15) is 0 Å². The molecule has 0 heterocycles. The van der Waals surface area contributed by atoms with Crippen molar-refractivity contribution in [3.8, 4) is 0 Å². The summed E-state index contributed by atoms with van der Waals surface area (Å²) >= 11 is 0. The Hall–Kier alpha value is -0.920.